The second kappa shape index (κ2) is 10.8. The monoisotopic (exact) mass is 491 g/mol. The van der Waals surface area contributed by atoms with E-state index in [9.17, 15) is 4.39 Å². The van der Waals surface area contributed by atoms with Crippen molar-refractivity contribution in [3.05, 3.63) is 89.0 Å². The number of halogens is 2. The third kappa shape index (κ3) is 6.21. The van der Waals surface area contributed by atoms with Crippen LogP contribution in [0.1, 0.15) is 11.1 Å². The number of ether oxygens (including phenoxy) is 1. The third-order valence-corrected chi connectivity index (χ3v) is 5.26. The average molecular weight is 492 g/mol. The average Bonchev–Trinajstić information content (AvgIpc) is 2.84. The molecule has 35 heavy (non-hydrogen) atoms. The predicted molar refractivity (Wildman–Crippen MR) is 138 cm³/mol. The highest BCUT2D eigenvalue weighted by Gasteiger charge is 2.08. The molecule has 0 spiro atoms. The number of rotatable bonds is 7. The molecule has 0 bridgehead atoms. The Balaban J connectivity index is 1.52. The minimum absolute atomic E-state index is 0.204. The van der Waals surface area contributed by atoms with Crippen molar-refractivity contribution in [1.29, 1.82) is 0 Å². The molecule has 4 aromatic rings. The largest absolute Gasteiger partial charge is 0.487 e. The third-order valence-electron chi connectivity index (χ3n) is 4.96. The smallest absolute Gasteiger partial charge is 0.215 e. The minimum atomic E-state index is -0.311. The Morgan fingerprint density at radius 2 is 2.00 bits per heavy atom. The van der Waals surface area contributed by atoms with Gasteiger partial charge in [-0.3, -0.25) is 0 Å². The molecule has 0 atom stereocenters. The molecule has 0 saturated carbocycles. The number of nitrogens with two attached hydrogens (primary N) is 1. The van der Waals surface area contributed by atoms with Crippen molar-refractivity contribution in [2.24, 2.45) is 15.9 Å². The second-order valence-corrected chi connectivity index (χ2v) is 8.19. The lowest BCUT2D eigenvalue weighted by atomic mass is 10.1. The van der Waals surface area contributed by atoms with Crippen molar-refractivity contribution < 1.29 is 9.13 Å². The molecular formula is C25H23ClFN7O. The maximum atomic E-state index is 13.4. The minimum Gasteiger partial charge on any atom is -0.487 e. The topological polar surface area (TPSA) is 101 Å². The van der Waals surface area contributed by atoms with Crippen molar-refractivity contribution in [3.63, 3.8) is 0 Å². The van der Waals surface area contributed by atoms with Crippen LogP contribution in [0.15, 0.2) is 77.2 Å². The summed E-state index contributed by atoms with van der Waals surface area (Å²) in [4.78, 5) is 10.4. The lowest BCUT2D eigenvalue weighted by molar-refractivity contribution is 0.306. The molecule has 0 aliphatic heterocycles. The fourth-order valence-electron chi connectivity index (χ4n) is 3.12. The van der Waals surface area contributed by atoms with Gasteiger partial charge in [0.05, 0.1) is 16.8 Å². The van der Waals surface area contributed by atoms with Gasteiger partial charge in [0, 0.05) is 25.2 Å². The Hall–Kier alpha value is -4.24. The van der Waals surface area contributed by atoms with E-state index in [1.807, 2.05) is 24.3 Å². The molecular weight excluding hydrogens is 469 g/mol. The number of aromatic nitrogens is 2. The van der Waals surface area contributed by atoms with Gasteiger partial charge in [-0.2, -0.15) is 5.10 Å². The van der Waals surface area contributed by atoms with Crippen LogP contribution in [0.5, 0.6) is 5.75 Å². The zero-order chi connectivity index (χ0) is 24.8. The Morgan fingerprint density at radius 1 is 1.14 bits per heavy atom. The van der Waals surface area contributed by atoms with Gasteiger partial charge < -0.3 is 20.7 Å². The first-order valence-corrected chi connectivity index (χ1v) is 11.0. The van der Waals surface area contributed by atoms with Crippen LogP contribution in [0.25, 0.3) is 10.9 Å². The first-order chi connectivity index (χ1) is 16.9. The number of hydrogen-bond acceptors (Lipinski definition) is 6. The van der Waals surface area contributed by atoms with E-state index in [0.717, 1.165) is 22.2 Å². The standard InChI is InChI=1S/C25H23ClFN7O/c1-34(2)25(28)33-31-13-16-6-8-22-20(11-16)24(30-15-29-22)32-19-7-9-23(21(26)12-19)35-14-17-4-3-5-18(27)10-17/h3-13,15H,14H2,1-2H3,(H2,28,33)(H,29,30,32). The van der Waals surface area contributed by atoms with Crippen LogP contribution >= 0.6 is 11.6 Å². The molecule has 0 amide bonds. The zero-order valence-electron chi connectivity index (χ0n) is 19.1. The molecule has 8 nitrogen and oxygen atoms in total. The lowest BCUT2D eigenvalue weighted by Gasteiger charge is -2.12. The first kappa shape index (κ1) is 23.9. The highest BCUT2D eigenvalue weighted by molar-refractivity contribution is 6.32. The normalized spacial score (nSPS) is 11.7. The van der Waals surface area contributed by atoms with Crippen LogP contribution in [0, 0.1) is 5.82 Å². The van der Waals surface area contributed by atoms with Gasteiger partial charge in [-0.05, 0) is 53.6 Å². The molecule has 4 rings (SSSR count). The van der Waals surface area contributed by atoms with Crippen molar-refractivity contribution in [2.45, 2.75) is 6.61 Å². The van der Waals surface area contributed by atoms with Crippen LogP contribution in [0.4, 0.5) is 15.9 Å². The van der Waals surface area contributed by atoms with E-state index in [-0.39, 0.29) is 12.4 Å². The summed E-state index contributed by atoms with van der Waals surface area (Å²) in [7, 11) is 3.57. The number of nitrogens with zero attached hydrogens (tertiary/aromatic N) is 5. The molecule has 0 unspecified atom stereocenters. The van der Waals surface area contributed by atoms with Gasteiger partial charge in [0.25, 0.3) is 0 Å². The van der Waals surface area contributed by atoms with E-state index in [1.165, 1.54) is 18.5 Å². The molecule has 3 aromatic carbocycles. The molecule has 0 radical (unpaired) electrons. The molecule has 0 aliphatic rings. The number of guanidine groups is 1. The Kier molecular flexibility index (Phi) is 7.37. The number of fused-ring (bicyclic) bond motifs is 1. The quantitative estimate of drug-likeness (QED) is 0.215. The van der Waals surface area contributed by atoms with Crippen LogP contribution < -0.4 is 15.8 Å². The van der Waals surface area contributed by atoms with Gasteiger partial charge in [0.1, 0.15) is 30.3 Å². The van der Waals surface area contributed by atoms with Crippen molar-refractivity contribution in [3.8, 4) is 5.75 Å². The Bertz CT molecular complexity index is 1410. The van der Waals surface area contributed by atoms with Gasteiger partial charge in [-0.1, -0.05) is 29.8 Å². The summed E-state index contributed by atoms with van der Waals surface area (Å²) in [6, 6.07) is 17.2. The lowest BCUT2D eigenvalue weighted by Crippen LogP contribution is -2.29. The second-order valence-electron chi connectivity index (χ2n) is 7.78. The number of anilines is 2. The van der Waals surface area contributed by atoms with Crippen LogP contribution in [0.3, 0.4) is 0 Å². The van der Waals surface area contributed by atoms with E-state index in [1.54, 1.807) is 49.5 Å². The molecule has 1 heterocycles. The van der Waals surface area contributed by atoms with E-state index < -0.39 is 0 Å². The maximum absolute atomic E-state index is 13.4. The summed E-state index contributed by atoms with van der Waals surface area (Å²) in [5.41, 5.74) is 8.76. The van der Waals surface area contributed by atoms with Crippen LogP contribution in [-0.2, 0) is 6.61 Å². The van der Waals surface area contributed by atoms with Gasteiger partial charge >= 0.3 is 0 Å². The fraction of sp³-hybridized carbons (Fsp3) is 0.120. The summed E-state index contributed by atoms with van der Waals surface area (Å²) < 4.78 is 19.1. The van der Waals surface area contributed by atoms with Crippen LogP contribution in [-0.4, -0.2) is 41.1 Å². The van der Waals surface area contributed by atoms with Gasteiger partial charge in [-0.15, -0.1) is 5.10 Å². The van der Waals surface area contributed by atoms with Crippen molar-refractivity contribution in [2.75, 3.05) is 19.4 Å². The van der Waals surface area contributed by atoms with E-state index in [4.69, 9.17) is 22.1 Å². The van der Waals surface area contributed by atoms with Gasteiger partial charge in [0.15, 0.2) is 0 Å². The molecule has 0 aliphatic carbocycles. The zero-order valence-corrected chi connectivity index (χ0v) is 19.9. The van der Waals surface area contributed by atoms with E-state index in [2.05, 4.69) is 25.5 Å². The van der Waals surface area contributed by atoms with E-state index in [0.29, 0.717) is 28.1 Å². The summed E-state index contributed by atoms with van der Waals surface area (Å²) in [6.07, 6.45) is 3.09. The molecule has 10 heteroatoms. The molecule has 3 N–H and O–H groups in total. The maximum Gasteiger partial charge on any atom is 0.215 e. The first-order valence-electron chi connectivity index (χ1n) is 10.6. The van der Waals surface area contributed by atoms with E-state index >= 15 is 0 Å². The summed E-state index contributed by atoms with van der Waals surface area (Å²) in [6.45, 7) is 0.204. The highest BCUT2D eigenvalue weighted by Crippen LogP contribution is 2.31. The SMILES string of the molecule is CN(C)C(N)=NN=Cc1ccc2ncnc(Nc3ccc(OCc4cccc(F)c4)c(Cl)c3)c2c1. The Morgan fingerprint density at radius 3 is 2.77 bits per heavy atom. The van der Waals surface area contributed by atoms with Gasteiger partial charge in [-0.25, -0.2) is 14.4 Å². The summed E-state index contributed by atoms with van der Waals surface area (Å²) in [5, 5.41) is 12.5. The highest BCUT2D eigenvalue weighted by atomic mass is 35.5. The van der Waals surface area contributed by atoms with Crippen molar-refractivity contribution >= 4 is 46.2 Å². The summed E-state index contributed by atoms with van der Waals surface area (Å²) in [5.74, 6) is 1.08. The molecule has 0 saturated heterocycles. The fourth-order valence-corrected chi connectivity index (χ4v) is 3.35. The molecule has 1 aromatic heterocycles. The number of nitrogens with one attached hydrogen (secondary N) is 1. The molecule has 178 valence electrons. The summed E-state index contributed by atoms with van der Waals surface area (Å²) >= 11 is 6.43. The van der Waals surface area contributed by atoms with Gasteiger partial charge in [0.2, 0.25) is 5.96 Å². The Labute approximate surface area is 206 Å². The van der Waals surface area contributed by atoms with Crippen molar-refractivity contribution in [1.82, 2.24) is 14.9 Å². The number of hydrogen-bond donors (Lipinski definition) is 2. The molecule has 0 fully saturated rings. The predicted octanol–water partition coefficient (Wildman–Crippen LogP) is 4.96. The number of benzene rings is 3. The van der Waals surface area contributed by atoms with Crippen LogP contribution in [0.2, 0.25) is 5.02 Å².